The van der Waals surface area contributed by atoms with Crippen LogP contribution in [0.2, 0.25) is 0 Å². The Morgan fingerprint density at radius 2 is 1.94 bits per heavy atom. The zero-order valence-electron chi connectivity index (χ0n) is 11.1. The highest BCUT2D eigenvalue weighted by molar-refractivity contribution is 5.97. The molecule has 0 aliphatic heterocycles. The molecule has 1 heterocycles. The molecule has 0 N–H and O–H groups in total. The van der Waals surface area contributed by atoms with Crippen molar-refractivity contribution in [2.75, 3.05) is 0 Å². The molecule has 94 valence electrons. The summed E-state index contributed by atoms with van der Waals surface area (Å²) in [4.78, 5) is 12.1. The van der Waals surface area contributed by atoms with Crippen molar-refractivity contribution in [2.45, 2.75) is 26.7 Å². The van der Waals surface area contributed by atoms with E-state index in [0.717, 1.165) is 23.4 Å². The molecule has 0 spiro atoms. The van der Waals surface area contributed by atoms with Crippen LogP contribution in [0.4, 0.5) is 0 Å². The summed E-state index contributed by atoms with van der Waals surface area (Å²) in [5, 5.41) is 4.25. The van der Waals surface area contributed by atoms with E-state index in [0.29, 0.717) is 6.42 Å². The summed E-state index contributed by atoms with van der Waals surface area (Å²) < 4.78 is 1.77. The third-order valence-electron chi connectivity index (χ3n) is 3.12. The number of hydrogen-bond donors (Lipinski definition) is 0. The summed E-state index contributed by atoms with van der Waals surface area (Å²) in [6.07, 6.45) is 1.40. The van der Waals surface area contributed by atoms with Gasteiger partial charge in [0, 0.05) is 18.3 Å². The molecule has 0 aliphatic carbocycles. The van der Waals surface area contributed by atoms with E-state index in [4.69, 9.17) is 0 Å². The average molecular weight is 242 g/mol. The highest BCUT2D eigenvalue weighted by Gasteiger charge is 2.10. The molecule has 1 aromatic carbocycles. The van der Waals surface area contributed by atoms with Crippen molar-refractivity contribution in [3.05, 3.63) is 52.8 Å². The predicted molar refractivity (Wildman–Crippen MR) is 71.8 cm³/mol. The number of nitrogens with zero attached hydrogens (tertiary/aromatic N) is 2. The van der Waals surface area contributed by atoms with Crippen LogP contribution in [0.1, 0.15) is 34.2 Å². The molecule has 0 amide bonds. The van der Waals surface area contributed by atoms with Gasteiger partial charge >= 0.3 is 0 Å². The SMILES string of the molecule is CCc1ccc(C(=O)Cc2cc(C)nn2C)cc1. The molecule has 0 saturated carbocycles. The van der Waals surface area contributed by atoms with Crippen LogP contribution >= 0.6 is 0 Å². The molecule has 0 fully saturated rings. The normalized spacial score (nSPS) is 10.6. The number of rotatable bonds is 4. The first-order valence-electron chi connectivity index (χ1n) is 6.22. The Bertz CT molecular complexity index is 552. The number of hydrogen-bond acceptors (Lipinski definition) is 2. The zero-order valence-corrected chi connectivity index (χ0v) is 11.1. The lowest BCUT2D eigenvalue weighted by Gasteiger charge is -2.03. The summed E-state index contributed by atoms with van der Waals surface area (Å²) in [6.45, 7) is 4.04. The summed E-state index contributed by atoms with van der Waals surface area (Å²) in [7, 11) is 1.87. The number of carbonyl (C=O) groups excluding carboxylic acids is 1. The quantitative estimate of drug-likeness (QED) is 0.773. The van der Waals surface area contributed by atoms with Gasteiger partial charge in [0.15, 0.2) is 5.78 Å². The van der Waals surface area contributed by atoms with Crippen molar-refractivity contribution in [2.24, 2.45) is 7.05 Å². The third-order valence-corrected chi connectivity index (χ3v) is 3.12. The maximum Gasteiger partial charge on any atom is 0.168 e. The van der Waals surface area contributed by atoms with Gasteiger partial charge in [0.1, 0.15) is 0 Å². The van der Waals surface area contributed by atoms with Gasteiger partial charge in [0.05, 0.1) is 12.1 Å². The summed E-state index contributed by atoms with van der Waals surface area (Å²) in [6, 6.07) is 9.80. The van der Waals surface area contributed by atoms with E-state index in [2.05, 4.69) is 12.0 Å². The van der Waals surface area contributed by atoms with E-state index < -0.39 is 0 Å². The molecular formula is C15H18N2O. The Morgan fingerprint density at radius 3 is 2.44 bits per heavy atom. The summed E-state index contributed by atoms with van der Waals surface area (Å²) in [5.74, 6) is 0.139. The van der Waals surface area contributed by atoms with Gasteiger partial charge in [-0.3, -0.25) is 9.48 Å². The van der Waals surface area contributed by atoms with Gasteiger partial charge in [-0.15, -0.1) is 0 Å². The monoisotopic (exact) mass is 242 g/mol. The lowest BCUT2D eigenvalue weighted by molar-refractivity contribution is 0.0990. The fraction of sp³-hybridized carbons (Fsp3) is 0.333. The number of carbonyl (C=O) groups is 1. The molecule has 2 rings (SSSR count). The first-order chi connectivity index (χ1) is 8.60. The van der Waals surface area contributed by atoms with Gasteiger partial charge < -0.3 is 0 Å². The lowest BCUT2D eigenvalue weighted by atomic mass is 10.0. The maximum atomic E-state index is 12.1. The van der Waals surface area contributed by atoms with Crippen molar-refractivity contribution in [3.8, 4) is 0 Å². The van der Waals surface area contributed by atoms with Crippen molar-refractivity contribution < 1.29 is 4.79 Å². The number of Topliss-reactive ketones (excluding diaryl/α,β-unsaturated/α-hetero) is 1. The summed E-state index contributed by atoms with van der Waals surface area (Å²) in [5.41, 5.74) is 3.92. The zero-order chi connectivity index (χ0) is 13.1. The number of aryl methyl sites for hydroxylation is 3. The topological polar surface area (TPSA) is 34.9 Å². The van der Waals surface area contributed by atoms with Gasteiger partial charge in [-0.1, -0.05) is 31.2 Å². The minimum absolute atomic E-state index is 0.139. The fourth-order valence-electron chi connectivity index (χ4n) is 2.02. The van der Waals surface area contributed by atoms with Gasteiger partial charge in [0.25, 0.3) is 0 Å². The van der Waals surface area contributed by atoms with E-state index >= 15 is 0 Å². The van der Waals surface area contributed by atoms with Crippen LogP contribution in [0, 0.1) is 6.92 Å². The minimum Gasteiger partial charge on any atom is -0.294 e. The predicted octanol–water partition coefficient (Wildman–Crippen LogP) is 2.72. The smallest absolute Gasteiger partial charge is 0.168 e. The summed E-state index contributed by atoms with van der Waals surface area (Å²) >= 11 is 0. The Kier molecular flexibility index (Phi) is 3.60. The third kappa shape index (κ3) is 2.67. The van der Waals surface area contributed by atoms with E-state index in [1.54, 1.807) is 4.68 Å². The molecule has 1 aromatic heterocycles. The Balaban J connectivity index is 2.14. The van der Waals surface area contributed by atoms with Crippen LogP contribution in [0.5, 0.6) is 0 Å². The number of aromatic nitrogens is 2. The standard InChI is InChI=1S/C15H18N2O/c1-4-12-5-7-13(8-6-12)15(18)10-14-9-11(2)16-17(14)3/h5-9H,4,10H2,1-3H3. The highest BCUT2D eigenvalue weighted by atomic mass is 16.1. The first kappa shape index (κ1) is 12.6. The van der Waals surface area contributed by atoms with Gasteiger partial charge in [-0.2, -0.15) is 5.10 Å². The average Bonchev–Trinajstić information content (AvgIpc) is 2.68. The van der Waals surface area contributed by atoms with Gasteiger partial charge in [0.2, 0.25) is 0 Å². The molecule has 0 aliphatic rings. The molecule has 18 heavy (non-hydrogen) atoms. The maximum absolute atomic E-state index is 12.1. The van der Waals surface area contributed by atoms with Crippen molar-refractivity contribution >= 4 is 5.78 Å². The molecule has 3 nitrogen and oxygen atoms in total. The van der Waals surface area contributed by atoms with Crippen LogP contribution in [0.15, 0.2) is 30.3 Å². The molecule has 0 unspecified atom stereocenters. The van der Waals surface area contributed by atoms with E-state index in [-0.39, 0.29) is 5.78 Å². The number of ketones is 1. The lowest BCUT2D eigenvalue weighted by Crippen LogP contribution is -2.07. The van der Waals surface area contributed by atoms with Crippen molar-refractivity contribution in [1.29, 1.82) is 0 Å². The van der Waals surface area contributed by atoms with Crippen molar-refractivity contribution in [1.82, 2.24) is 9.78 Å². The van der Waals surface area contributed by atoms with Crippen LogP contribution < -0.4 is 0 Å². The molecule has 0 saturated heterocycles. The molecule has 0 radical (unpaired) electrons. The first-order valence-corrected chi connectivity index (χ1v) is 6.22. The second kappa shape index (κ2) is 5.17. The van der Waals surface area contributed by atoms with Crippen LogP contribution in [-0.2, 0) is 19.9 Å². The van der Waals surface area contributed by atoms with E-state index in [1.165, 1.54) is 5.56 Å². The molecule has 2 aromatic rings. The van der Waals surface area contributed by atoms with Crippen LogP contribution in [0.3, 0.4) is 0 Å². The molecule has 3 heteroatoms. The highest BCUT2D eigenvalue weighted by Crippen LogP contribution is 2.10. The molecular weight excluding hydrogens is 224 g/mol. The molecule has 0 bridgehead atoms. The van der Waals surface area contributed by atoms with Gasteiger partial charge in [-0.25, -0.2) is 0 Å². The van der Waals surface area contributed by atoms with Crippen LogP contribution in [0.25, 0.3) is 0 Å². The Hall–Kier alpha value is -1.90. The molecule has 0 atom stereocenters. The fourth-order valence-corrected chi connectivity index (χ4v) is 2.02. The Labute approximate surface area is 107 Å². The Morgan fingerprint density at radius 1 is 1.28 bits per heavy atom. The largest absolute Gasteiger partial charge is 0.294 e. The second-order valence-corrected chi connectivity index (χ2v) is 4.55. The van der Waals surface area contributed by atoms with Crippen LogP contribution in [-0.4, -0.2) is 15.6 Å². The van der Waals surface area contributed by atoms with Crippen molar-refractivity contribution in [3.63, 3.8) is 0 Å². The van der Waals surface area contributed by atoms with E-state index in [1.807, 2.05) is 44.3 Å². The number of benzene rings is 1. The second-order valence-electron chi connectivity index (χ2n) is 4.55. The minimum atomic E-state index is 0.139. The van der Waals surface area contributed by atoms with Gasteiger partial charge in [-0.05, 0) is 25.0 Å². The van der Waals surface area contributed by atoms with E-state index in [9.17, 15) is 4.79 Å².